The Morgan fingerprint density at radius 2 is 1.93 bits per heavy atom. The van der Waals surface area contributed by atoms with E-state index in [1.807, 2.05) is 15.9 Å². The minimum absolute atomic E-state index is 0.0474. The van der Waals surface area contributed by atoms with Gasteiger partial charge in [-0.25, -0.2) is 0 Å². The number of carbonyl (C=O) groups is 1. The Balaban J connectivity index is 1.80. The molecule has 4 heterocycles. The van der Waals surface area contributed by atoms with Crippen LogP contribution < -0.4 is 5.32 Å². The molecule has 4 aliphatic rings. The fourth-order valence-electron chi connectivity index (χ4n) is 4.81. The average molecular weight is 410 g/mol. The number of nitriles is 1. The van der Waals surface area contributed by atoms with Gasteiger partial charge in [-0.2, -0.15) is 5.26 Å². The highest BCUT2D eigenvalue weighted by atomic mass is 16.2. The number of nitrogens with zero attached hydrogens (tertiary/aromatic N) is 6. The normalized spacial score (nSPS) is 25.5. The van der Waals surface area contributed by atoms with Crippen molar-refractivity contribution in [2.24, 2.45) is 9.98 Å². The lowest BCUT2D eigenvalue weighted by Gasteiger charge is -2.45. The third-order valence-corrected chi connectivity index (χ3v) is 6.54. The summed E-state index contributed by atoms with van der Waals surface area (Å²) in [5.74, 6) is -0.155. The molecule has 0 aromatic rings. The minimum atomic E-state index is -0.505. The number of aliphatic imine (C=N–C) groups is 2. The summed E-state index contributed by atoms with van der Waals surface area (Å²) in [6.07, 6.45) is 8.66. The zero-order chi connectivity index (χ0) is 21.1. The number of hydrogen-bond acceptors (Lipinski definition) is 7. The standard InChI is InChI=1S/C22H31N7O/c1-22(2,28-12-8-24-9-13-28)20(29-16-26-18-15-25-7-6-19(18)29)17(14-23)21(30)27-10-4-3-5-11-27/h6-7,16,18,24H,3-5,8-13,15H2,1-2H3. The fraction of sp³-hybridized carbons (Fsp3) is 0.636. The summed E-state index contributed by atoms with van der Waals surface area (Å²) >= 11 is 0. The van der Waals surface area contributed by atoms with Gasteiger partial charge in [0.1, 0.15) is 17.7 Å². The van der Waals surface area contributed by atoms with Crippen LogP contribution in [0.25, 0.3) is 0 Å². The number of amides is 1. The molecule has 8 heteroatoms. The lowest BCUT2D eigenvalue weighted by atomic mass is 9.90. The monoisotopic (exact) mass is 409 g/mol. The highest BCUT2D eigenvalue weighted by molar-refractivity contribution is 5.99. The smallest absolute Gasteiger partial charge is 0.266 e. The molecule has 2 fully saturated rings. The average Bonchev–Trinajstić information content (AvgIpc) is 3.21. The molecule has 0 spiro atoms. The number of dihydropyridines is 1. The van der Waals surface area contributed by atoms with Crippen molar-refractivity contribution in [3.05, 3.63) is 23.0 Å². The molecule has 1 unspecified atom stereocenters. The van der Waals surface area contributed by atoms with Gasteiger partial charge in [0.15, 0.2) is 0 Å². The first-order valence-electron chi connectivity index (χ1n) is 11.0. The van der Waals surface area contributed by atoms with Crippen LogP contribution in [-0.4, -0.2) is 90.6 Å². The van der Waals surface area contributed by atoms with Crippen LogP contribution in [0.15, 0.2) is 33.0 Å². The van der Waals surface area contributed by atoms with Crippen LogP contribution in [0.1, 0.15) is 33.1 Å². The van der Waals surface area contributed by atoms with Gasteiger partial charge in [0.05, 0.1) is 29.8 Å². The number of nitrogens with one attached hydrogen (secondary N) is 1. The topological polar surface area (TPSA) is 87.3 Å². The Kier molecular flexibility index (Phi) is 6.02. The van der Waals surface area contributed by atoms with Crippen LogP contribution in [0.2, 0.25) is 0 Å². The van der Waals surface area contributed by atoms with Crippen molar-refractivity contribution >= 4 is 18.5 Å². The molecule has 0 aliphatic carbocycles. The molecule has 0 bridgehead atoms. The van der Waals surface area contributed by atoms with Crippen LogP contribution in [0.3, 0.4) is 0 Å². The Morgan fingerprint density at radius 3 is 2.63 bits per heavy atom. The summed E-state index contributed by atoms with van der Waals surface area (Å²) in [5, 5.41) is 13.6. The highest BCUT2D eigenvalue weighted by Crippen LogP contribution is 2.36. The zero-order valence-electron chi connectivity index (χ0n) is 18.0. The van der Waals surface area contributed by atoms with E-state index in [1.54, 1.807) is 12.6 Å². The number of fused-ring (bicyclic) bond motifs is 1. The summed E-state index contributed by atoms with van der Waals surface area (Å²) < 4.78 is 0. The Labute approximate surface area is 178 Å². The molecule has 1 amide bonds. The predicted octanol–water partition coefficient (Wildman–Crippen LogP) is 1.14. The van der Waals surface area contributed by atoms with Crippen molar-refractivity contribution in [1.29, 1.82) is 5.26 Å². The second-order valence-electron chi connectivity index (χ2n) is 8.74. The third-order valence-electron chi connectivity index (χ3n) is 6.54. The van der Waals surface area contributed by atoms with Crippen molar-refractivity contribution in [1.82, 2.24) is 20.0 Å². The van der Waals surface area contributed by atoms with E-state index in [2.05, 4.69) is 40.1 Å². The maximum atomic E-state index is 13.5. The molecule has 8 nitrogen and oxygen atoms in total. The van der Waals surface area contributed by atoms with Gasteiger partial charge in [-0.3, -0.25) is 19.7 Å². The van der Waals surface area contributed by atoms with Gasteiger partial charge in [0.2, 0.25) is 0 Å². The highest BCUT2D eigenvalue weighted by Gasteiger charge is 2.42. The van der Waals surface area contributed by atoms with Gasteiger partial charge in [-0.1, -0.05) is 0 Å². The largest absolute Gasteiger partial charge is 0.338 e. The summed E-state index contributed by atoms with van der Waals surface area (Å²) in [6, 6.07) is 2.25. The first-order valence-corrected chi connectivity index (χ1v) is 11.0. The summed E-state index contributed by atoms with van der Waals surface area (Å²) in [6.45, 7) is 9.79. The van der Waals surface area contributed by atoms with Crippen molar-refractivity contribution in [3.63, 3.8) is 0 Å². The van der Waals surface area contributed by atoms with Crippen molar-refractivity contribution in [2.75, 3.05) is 45.8 Å². The van der Waals surface area contributed by atoms with E-state index in [4.69, 9.17) is 0 Å². The van der Waals surface area contributed by atoms with Crippen LogP contribution in [0.4, 0.5) is 0 Å². The number of carbonyl (C=O) groups excluding carboxylic acids is 1. The molecule has 4 rings (SSSR count). The Hall–Kier alpha value is -2.50. The van der Waals surface area contributed by atoms with E-state index in [-0.39, 0.29) is 17.5 Å². The van der Waals surface area contributed by atoms with Gasteiger partial charge < -0.3 is 15.1 Å². The van der Waals surface area contributed by atoms with Crippen LogP contribution in [-0.2, 0) is 4.79 Å². The van der Waals surface area contributed by atoms with Gasteiger partial charge in [-0.05, 0) is 39.2 Å². The molecule has 2 saturated heterocycles. The molecule has 1 N–H and O–H groups in total. The summed E-state index contributed by atoms with van der Waals surface area (Å²) in [5.41, 5.74) is 1.45. The van der Waals surface area contributed by atoms with E-state index < -0.39 is 5.54 Å². The summed E-state index contributed by atoms with van der Waals surface area (Å²) in [7, 11) is 0. The first-order chi connectivity index (χ1) is 14.5. The quantitative estimate of drug-likeness (QED) is 0.556. The number of rotatable bonds is 4. The third kappa shape index (κ3) is 3.80. The molecule has 0 radical (unpaired) electrons. The van der Waals surface area contributed by atoms with Crippen LogP contribution in [0.5, 0.6) is 0 Å². The number of piperidine rings is 1. The zero-order valence-corrected chi connectivity index (χ0v) is 18.0. The molecular weight excluding hydrogens is 378 g/mol. The van der Waals surface area contributed by atoms with E-state index in [0.29, 0.717) is 6.54 Å². The fourth-order valence-corrected chi connectivity index (χ4v) is 4.81. The van der Waals surface area contributed by atoms with E-state index >= 15 is 0 Å². The molecule has 0 saturated carbocycles. The summed E-state index contributed by atoms with van der Waals surface area (Å²) in [4.78, 5) is 28.7. The molecule has 0 aromatic carbocycles. The van der Waals surface area contributed by atoms with Gasteiger partial charge in [0.25, 0.3) is 5.91 Å². The lowest BCUT2D eigenvalue weighted by Crippen LogP contribution is -2.57. The Bertz CT molecular complexity index is 836. The minimum Gasteiger partial charge on any atom is -0.338 e. The van der Waals surface area contributed by atoms with Crippen molar-refractivity contribution in [3.8, 4) is 6.07 Å². The van der Waals surface area contributed by atoms with Crippen LogP contribution in [0, 0.1) is 11.3 Å². The van der Waals surface area contributed by atoms with Crippen molar-refractivity contribution < 1.29 is 4.79 Å². The number of piperazine rings is 1. The molecule has 30 heavy (non-hydrogen) atoms. The number of likely N-dealkylation sites (tertiary alicyclic amines) is 1. The molecule has 0 aromatic heterocycles. The second kappa shape index (κ2) is 8.70. The first kappa shape index (κ1) is 20.8. The van der Waals surface area contributed by atoms with E-state index in [9.17, 15) is 10.1 Å². The number of allylic oxidation sites excluding steroid dienone is 1. The van der Waals surface area contributed by atoms with Gasteiger partial charge >= 0.3 is 0 Å². The number of hydrogen-bond donors (Lipinski definition) is 1. The Morgan fingerprint density at radius 1 is 1.20 bits per heavy atom. The SMILES string of the molecule is CC(C)(C(=C(C#N)C(=O)N1CCCCC1)N1C=NC2CN=CC=C21)N1CCNCC1. The van der Waals surface area contributed by atoms with Gasteiger partial charge in [0, 0.05) is 45.5 Å². The lowest BCUT2D eigenvalue weighted by molar-refractivity contribution is -0.127. The van der Waals surface area contributed by atoms with Crippen LogP contribution >= 0.6 is 0 Å². The molecular formula is C22H31N7O. The second-order valence-corrected chi connectivity index (χ2v) is 8.74. The van der Waals surface area contributed by atoms with Crippen molar-refractivity contribution in [2.45, 2.75) is 44.7 Å². The molecule has 160 valence electrons. The molecule has 4 aliphatic heterocycles. The van der Waals surface area contributed by atoms with E-state index in [1.165, 1.54) is 0 Å². The predicted molar refractivity (Wildman–Crippen MR) is 117 cm³/mol. The molecule has 1 atom stereocenters. The van der Waals surface area contributed by atoms with E-state index in [0.717, 1.165) is 69.9 Å². The van der Waals surface area contributed by atoms with Gasteiger partial charge in [-0.15, -0.1) is 0 Å². The maximum absolute atomic E-state index is 13.5. The maximum Gasteiger partial charge on any atom is 0.266 e.